The van der Waals surface area contributed by atoms with Crippen LogP contribution in [-0.4, -0.2) is 7.05 Å². The number of benzene rings is 2. The van der Waals surface area contributed by atoms with Gasteiger partial charge < -0.3 is 11.5 Å². The van der Waals surface area contributed by atoms with Crippen molar-refractivity contribution in [3.05, 3.63) is 54.6 Å². The molecule has 92 valence electrons. The Morgan fingerprint density at radius 3 is 2.28 bits per heavy atom. The minimum absolute atomic E-state index is 0.842. The second kappa shape index (κ2) is 5.67. The highest BCUT2D eigenvalue weighted by molar-refractivity contribution is 7.22. The lowest BCUT2D eigenvalue weighted by atomic mass is 10.1. The third kappa shape index (κ3) is 2.37. The standard InChI is InChI=1S/C14H11NS.CH5N/c15-12-7-3-2-6-11(12)14-9-10-5-1-4-8-13(10)16-14;1-2/h1-9H,15H2;2H2,1H3. The summed E-state index contributed by atoms with van der Waals surface area (Å²) in [6.45, 7) is 0. The summed E-state index contributed by atoms with van der Waals surface area (Å²) in [5.41, 5.74) is 12.5. The Hall–Kier alpha value is -1.84. The van der Waals surface area contributed by atoms with Crippen LogP contribution < -0.4 is 11.5 Å². The average molecular weight is 256 g/mol. The quantitative estimate of drug-likeness (QED) is 0.652. The summed E-state index contributed by atoms with van der Waals surface area (Å²) in [5.74, 6) is 0. The first kappa shape index (κ1) is 12.6. The highest BCUT2D eigenvalue weighted by atomic mass is 32.1. The molecule has 18 heavy (non-hydrogen) atoms. The molecule has 3 aromatic rings. The summed E-state index contributed by atoms with van der Waals surface area (Å²) in [5, 5.41) is 1.28. The molecule has 3 heteroatoms. The first-order valence-corrected chi connectivity index (χ1v) is 6.57. The van der Waals surface area contributed by atoms with Crippen molar-refractivity contribution in [1.82, 2.24) is 0 Å². The summed E-state index contributed by atoms with van der Waals surface area (Å²) in [6.07, 6.45) is 0. The van der Waals surface area contributed by atoms with Crippen LogP contribution in [0.2, 0.25) is 0 Å². The van der Waals surface area contributed by atoms with Crippen LogP contribution in [0.25, 0.3) is 20.5 Å². The maximum absolute atomic E-state index is 5.98. The summed E-state index contributed by atoms with van der Waals surface area (Å²) in [6, 6.07) is 18.6. The van der Waals surface area contributed by atoms with Gasteiger partial charge in [0.05, 0.1) is 0 Å². The van der Waals surface area contributed by atoms with Gasteiger partial charge in [0.2, 0.25) is 0 Å². The molecule has 0 saturated heterocycles. The van der Waals surface area contributed by atoms with Crippen molar-refractivity contribution in [1.29, 1.82) is 0 Å². The number of nitrogen functional groups attached to an aromatic ring is 1. The SMILES string of the molecule is CN.Nc1ccccc1-c1cc2ccccc2s1. The van der Waals surface area contributed by atoms with Gasteiger partial charge in [0, 0.05) is 20.8 Å². The van der Waals surface area contributed by atoms with Gasteiger partial charge in [-0.15, -0.1) is 11.3 Å². The minimum Gasteiger partial charge on any atom is -0.398 e. The van der Waals surface area contributed by atoms with Gasteiger partial charge in [-0.3, -0.25) is 0 Å². The summed E-state index contributed by atoms with van der Waals surface area (Å²) in [4.78, 5) is 1.24. The van der Waals surface area contributed by atoms with Crippen molar-refractivity contribution in [3.63, 3.8) is 0 Å². The predicted molar refractivity (Wildman–Crippen MR) is 81.8 cm³/mol. The van der Waals surface area contributed by atoms with Crippen LogP contribution in [0.4, 0.5) is 5.69 Å². The molecule has 1 aromatic heterocycles. The van der Waals surface area contributed by atoms with E-state index in [9.17, 15) is 0 Å². The molecule has 0 aliphatic rings. The van der Waals surface area contributed by atoms with Gasteiger partial charge >= 0.3 is 0 Å². The third-order valence-electron chi connectivity index (χ3n) is 2.65. The molecule has 2 aromatic carbocycles. The van der Waals surface area contributed by atoms with Crippen molar-refractivity contribution >= 4 is 27.1 Å². The fourth-order valence-electron chi connectivity index (χ4n) is 1.84. The van der Waals surface area contributed by atoms with E-state index in [-0.39, 0.29) is 0 Å². The first-order valence-electron chi connectivity index (χ1n) is 5.76. The molecule has 0 fully saturated rings. The highest BCUT2D eigenvalue weighted by Gasteiger charge is 2.05. The molecule has 0 aliphatic carbocycles. The molecule has 0 radical (unpaired) electrons. The van der Waals surface area contributed by atoms with E-state index in [4.69, 9.17) is 5.73 Å². The Kier molecular flexibility index (Phi) is 3.97. The van der Waals surface area contributed by atoms with Crippen LogP contribution >= 0.6 is 11.3 Å². The van der Waals surface area contributed by atoms with Gasteiger partial charge in [-0.2, -0.15) is 0 Å². The van der Waals surface area contributed by atoms with Gasteiger partial charge in [-0.05, 0) is 30.6 Å². The van der Waals surface area contributed by atoms with Crippen LogP contribution in [0.15, 0.2) is 54.6 Å². The van der Waals surface area contributed by atoms with Crippen LogP contribution in [0.5, 0.6) is 0 Å². The summed E-state index contributed by atoms with van der Waals surface area (Å²) >= 11 is 1.78. The maximum Gasteiger partial charge on any atom is 0.0401 e. The van der Waals surface area contributed by atoms with Crippen LogP contribution in [0, 0.1) is 0 Å². The van der Waals surface area contributed by atoms with Crippen LogP contribution in [0.3, 0.4) is 0 Å². The molecule has 0 saturated carbocycles. The van der Waals surface area contributed by atoms with Gasteiger partial charge in [0.15, 0.2) is 0 Å². The molecule has 0 amide bonds. The highest BCUT2D eigenvalue weighted by Crippen LogP contribution is 2.35. The van der Waals surface area contributed by atoms with Crippen molar-refractivity contribution in [2.45, 2.75) is 0 Å². The van der Waals surface area contributed by atoms with E-state index >= 15 is 0 Å². The average Bonchev–Trinajstić information content (AvgIpc) is 2.85. The van der Waals surface area contributed by atoms with Gasteiger partial charge in [-0.25, -0.2) is 0 Å². The number of hydrogen-bond donors (Lipinski definition) is 2. The van der Waals surface area contributed by atoms with Crippen LogP contribution in [-0.2, 0) is 0 Å². The molecule has 0 unspecified atom stereocenters. The van der Waals surface area contributed by atoms with Crippen molar-refractivity contribution < 1.29 is 0 Å². The van der Waals surface area contributed by atoms with Crippen LogP contribution in [0.1, 0.15) is 0 Å². The fourth-order valence-corrected chi connectivity index (χ4v) is 2.95. The van der Waals surface area contributed by atoms with Crippen molar-refractivity contribution in [2.24, 2.45) is 5.73 Å². The number of thiophene rings is 1. The lowest BCUT2D eigenvalue weighted by molar-refractivity contribution is 1.48. The Labute approximate surface area is 111 Å². The van der Waals surface area contributed by atoms with Gasteiger partial charge in [0.25, 0.3) is 0 Å². The van der Waals surface area contributed by atoms with Gasteiger partial charge in [-0.1, -0.05) is 36.4 Å². The number of nitrogens with two attached hydrogens (primary N) is 2. The number of hydrogen-bond acceptors (Lipinski definition) is 3. The molecule has 0 aliphatic heterocycles. The van der Waals surface area contributed by atoms with Gasteiger partial charge in [0.1, 0.15) is 0 Å². The third-order valence-corrected chi connectivity index (χ3v) is 3.80. The van der Waals surface area contributed by atoms with E-state index in [2.05, 4.69) is 42.1 Å². The van der Waals surface area contributed by atoms with E-state index in [0.717, 1.165) is 11.3 Å². The zero-order chi connectivity index (χ0) is 13.0. The Balaban J connectivity index is 0.000000574. The summed E-state index contributed by atoms with van der Waals surface area (Å²) in [7, 11) is 1.50. The summed E-state index contributed by atoms with van der Waals surface area (Å²) < 4.78 is 1.31. The molecule has 4 N–H and O–H groups in total. The predicted octanol–water partition coefficient (Wildman–Crippen LogP) is 3.73. The number of anilines is 1. The largest absolute Gasteiger partial charge is 0.398 e. The molecular formula is C15H16N2S. The minimum atomic E-state index is 0.842. The Bertz CT molecular complexity index is 611. The Morgan fingerprint density at radius 2 is 1.56 bits per heavy atom. The molecule has 2 nitrogen and oxygen atoms in total. The lowest BCUT2D eigenvalue weighted by Crippen LogP contribution is -1.86. The molecule has 3 rings (SSSR count). The van der Waals surface area contributed by atoms with E-state index in [1.807, 2.05) is 18.2 Å². The zero-order valence-corrected chi connectivity index (χ0v) is 11.1. The number of fused-ring (bicyclic) bond motifs is 1. The second-order valence-electron chi connectivity index (χ2n) is 3.74. The molecule has 0 spiro atoms. The zero-order valence-electron chi connectivity index (χ0n) is 10.3. The number of rotatable bonds is 1. The fraction of sp³-hybridized carbons (Fsp3) is 0.0667. The molecule has 1 heterocycles. The topological polar surface area (TPSA) is 52.0 Å². The van der Waals surface area contributed by atoms with Crippen molar-refractivity contribution in [3.8, 4) is 10.4 Å². The van der Waals surface area contributed by atoms with Crippen molar-refractivity contribution in [2.75, 3.05) is 12.8 Å². The normalized spacial score (nSPS) is 9.89. The lowest BCUT2D eigenvalue weighted by Gasteiger charge is -2.00. The maximum atomic E-state index is 5.98. The Morgan fingerprint density at radius 1 is 0.889 bits per heavy atom. The monoisotopic (exact) mass is 256 g/mol. The number of para-hydroxylation sites is 1. The van der Waals surface area contributed by atoms with E-state index in [1.165, 1.54) is 22.0 Å². The van der Waals surface area contributed by atoms with E-state index in [0.29, 0.717) is 0 Å². The van der Waals surface area contributed by atoms with E-state index < -0.39 is 0 Å². The molecule has 0 bridgehead atoms. The smallest absolute Gasteiger partial charge is 0.0401 e. The second-order valence-corrected chi connectivity index (χ2v) is 4.82. The van der Waals surface area contributed by atoms with E-state index in [1.54, 1.807) is 11.3 Å². The first-order chi connectivity index (χ1) is 8.84. The molecule has 0 atom stereocenters. The molecular weight excluding hydrogens is 240 g/mol.